The van der Waals surface area contributed by atoms with Crippen molar-refractivity contribution in [2.24, 2.45) is 0 Å². The lowest BCUT2D eigenvalue weighted by atomic mass is 9.93. The minimum Gasteiger partial charge on any atom is -0.395 e. The van der Waals surface area contributed by atoms with Gasteiger partial charge in [0.1, 0.15) is 5.82 Å². The lowest BCUT2D eigenvalue weighted by Gasteiger charge is -2.39. The van der Waals surface area contributed by atoms with Crippen molar-refractivity contribution in [3.8, 4) is 0 Å². The molecule has 0 aromatic heterocycles. The molecule has 0 amide bonds. The van der Waals surface area contributed by atoms with E-state index in [-0.39, 0.29) is 12.4 Å². The van der Waals surface area contributed by atoms with E-state index in [4.69, 9.17) is 4.55 Å². The fraction of sp³-hybridized carbons (Fsp3) is 0.500. The number of hydrogen-bond acceptors (Lipinski definition) is 6. The summed E-state index contributed by atoms with van der Waals surface area (Å²) in [6.07, 6.45) is 1.63. The number of β-amino-alcohol motifs (C(OH)–C–C–N with tert-alkyl or cyclic N) is 1. The van der Waals surface area contributed by atoms with E-state index in [1.54, 1.807) is 23.9 Å². The van der Waals surface area contributed by atoms with Crippen LogP contribution in [-0.4, -0.2) is 73.5 Å². The maximum atomic E-state index is 13.9. The van der Waals surface area contributed by atoms with Gasteiger partial charge in [0.15, 0.2) is 0 Å². The number of benzene rings is 2. The van der Waals surface area contributed by atoms with Crippen molar-refractivity contribution in [1.82, 2.24) is 9.80 Å². The summed E-state index contributed by atoms with van der Waals surface area (Å²) in [5, 5.41) is 9.23. The SMILES string of the molecule is CC(C)c1ccc2c(c1)C(N1CCN(CCO)CC1)Cc1ccc(F)cc1S2.CS(=O)(=O)O. The van der Waals surface area contributed by atoms with Crippen LogP contribution in [0.2, 0.25) is 0 Å². The van der Waals surface area contributed by atoms with Crippen molar-refractivity contribution < 1.29 is 22.5 Å². The molecule has 2 aromatic rings. The average molecular weight is 497 g/mol. The summed E-state index contributed by atoms with van der Waals surface area (Å²) in [6, 6.07) is 12.4. The molecule has 0 saturated carbocycles. The molecule has 9 heteroatoms. The summed E-state index contributed by atoms with van der Waals surface area (Å²) in [4.78, 5) is 7.20. The smallest absolute Gasteiger partial charge is 0.261 e. The molecule has 2 aromatic carbocycles. The lowest BCUT2D eigenvalue weighted by molar-refractivity contribution is 0.0823. The van der Waals surface area contributed by atoms with Crippen molar-refractivity contribution >= 4 is 21.9 Å². The normalized spacial score (nSPS) is 19.3. The Hall–Kier alpha value is -1.49. The van der Waals surface area contributed by atoms with Crippen LogP contribution in [0.4, 0.5) is 4.39 Å². The van der Waals surface area contributed by atoms with E-state index in [2.05, 4.69) is 41.8 Å². The molecular formula is C24H33FN2O4S2. The highest BCUT2D eigenvalue weighted by atomic mass is 32.2. The summed E-state index contributed by atoms with van der Waals surface area (Å²) in [5.74, 6) is 0.322. The first-order valence-electron chi connectivity index (χ1n) is 11.1. The zero-order chi connectivity index (χ0) is 24.2. The molecule has 0 bridgehead atoms. The Balaban J connectivity index is 0.000000555. The first-order chi connectivity index (χ1) is 15.5. The van der Waals surface area contributed by atoms with Gasteiger partial charge in [0, 0.05) is 48.6 Å². The Morgan fingerprint density at radius 3 is 2.36 bits per heavy atom. The van der Waals surface area contributed by atoms with Crippen LogP contribution in [0, 0.1) is 5.82 Å². The number of fused-ring (bicyclic) bond motifs is 2. The first-order valence-corrected chi connectivity index (χ1v) is 13.8. The third-order valence-corrected chi connectivity index (χ3v) is 7.18. The fourth-order valence-corrected chi connectivity index (χ4v) is 5.41. The zero-order valence-corrected chi connectivity index (χ0v) is 21.0. The monoisotopic (exact) mass is 496 g/mol. The van der Waals surface area contributed by atoms with Crippen LogP contribution in [0.25, 0.3) is 0 Å². The van der Waals surface area contributed by atoms with Gasteiger partial charge in [0.2, 0.25) is 0 Å². The first kappa shape index (κ1) is 26.1. The Morgan fingerprint density at radius 1 is 1.09 bits per heavy atom. The summed E-state index contributed by atoms with van der Waals surface area (Å²) >= 11 is 1.70. The van der Waals surface area contributed by atoms with Crippen LogP contribution in [0.5, 0.6) is 0 Å². The highest BCUT2D eigenvalue weighted by Crippen LogP contribution is 2.44. The molecule has 33 heavy (non-hydrogen) atoms. The van der Waals surface area contributed by atoms with Crippen LogP contribution >= 0.6 is 11.8 Å². The van der Waals surface area contributed by atoms with E-state index in [1.165, 1.54) is 21.6 Å². The summed E-state index contributed by atoms with van der Waals surface area (Å²) in [6.45, 7) is 9.41. The lowest BCUT2D eigenvalue weighted by Crippen LogP contribution is -2.48. The number of aliphatic hydroxyl groups is 1. The third kappa shape index (κ3) is 7.50. The summed E-state index contributed by atoms with van der Waals surface area (Å²) < 4.78 is 39.8. The minimum atomic E-state index is -3.67. The molecule has 182 valence electrons. The Labute approximate surface area is 200 Å². The van der Waals surface area contributed by atoms with Crippen molar-refractivity contribution in [1.29, 1.82) is 0 Å². The van der Waals surface area contributed by atoms with Crippen LogP contribution in [0.1, 0.15) is 42.5 Å². The van der Waals surface area contributed by atoms with E-state index < -0.39 is 10.1 Å². The maximum Gasteiger partial charge on any atom is 0.261 e. The number of halogens is 1. The molecule has 0 aliphatic carbocycles. The molecule has 1 saturated heterocycles. The standard InChI is InChI=1S/C23H29FN2OS.CH4O3S/c1-16(2)17-4-6-22-20(13-17)21(26-9-7-25(8-10-26)11-12-27)14-18-3-5-19(24)15-23(18)28-22;1-5(2,3)4/h3-6,13,15-16,21,27H,7-12,14H2,1-2H3;1H3,(H,2,3,4). The number of aliphatic hydroxyl groups excluding tert-OH is 1. The van der Waals surface area contributed by atoms with Gasteiger partial charge in [0.25, 0.3) is 10.1 Å². The van der Waals surface area contributed by atoms with Gasteiger partial charge in [0.05, 0.1) is 12.9 Å². The second kappa shape index (κ2) is 11.3. The van der Waals surface area contributed by atoms with E-state index in [0.29, 0.717) is 18.2 Å². The topological polar surface area (TPSA) is 81.1 Å². The number of hydrogen-bond donors (Lipinski definition) is 2. The predicted octanol–water partition coefficient (Wildman–Crippen LogP) is 3.81. The van der Waals surface area contributed by atoms with Gasteiger partial charge in [-0.2, -0.15) is 8.42 Å². The predicted molar refractivity (Wildman–Crippen MR) is 130 cm³/mol. The van der Waals surface area contributed by atoms with Crippen molar-refractivity contribution in [3.63, 3.8) is 0 Å². The van der Waals surface area contributed by atoms with Gasteiger partial charge < -0.3 is 5.11 Å². The largest absolute Gasteiger partial charge is 0.395 e. The molecule has 2 aliphatic rings. The van der Waals surface area contributed by atoms with E-state index in [0.717, 1.165) is 44.0 Å². The molecule has 1 atom stereocenters. The Kier molecular flexibility index (Phi) is 8.94. The second-order valence-electron chi connectivity index (χ2n) is 8.86. The fourth-order valence-electron chi connectivity index (χ4n) is 4.27. The summed E-state index contributed by atoms with van der Waals surface area (Å²) in [5.41, 5.74) is 3.97. The molecule has 1 unspecified atom stereocenters. The van der Waals surface area contributed by atoms with Gasteiger partial charge in [-0.15, -0.1) is 0 Å². The Bertz CT molecular complexity index is 1050. The van der Waals surface area contributed by atoms with Crippen LogP contribution < -0.4 is 0 Å². The molecule has 2 aliphatic heterocycles. The van der Waals surface area contributed by atoms with Crippen LogP contribution in [-0.2, 0) is 16.5 Å². The number of rotatable bonds is 4. The highest BCUT2D eigenvalue weighted by Gasteiger charge is 2.30. The third-order valence-electron chi connectivity index (χ3n) is 5.99. The van der Waals surface area contributed by atoms with Gasteiger partial charge in [-0.3, -0.25) is 14.4 Å². The van der Waals surface area contributed by atoms with Gasteiger partial charge in [-0.1, -0.05) is 43.8 Å². The van der Waals surface area contributed by atoms with Crippen molar-refractivity contribution in [3.05, 3.63) is 58.9 Å². The van der Waals surface area contributed by atoms with Crippen LogP contribution in [0.3, 0.4) is 0 Å². The molecule has 0 radical (unpaired) electrons. The van der Waals surface area contributed by atoms with Gasteiger partial charge in [-0.05, 0) is 47.2 Å². The maximum absolute atomic E-state index is 13.9. The quantitative estimate of drug-likeness (QED) is 0.623. The molecular weight excluding hydrogens is 463 g/mol. The van der Waals surface area contributed by atoms with Gasteiger partial charge in [-0.25, -0.2) is 4.39 Å². The second-order valence-corrected chi connectivity index (χ2v) is 11.4. The molecule has 6 nitrogen and oxygen atoms in total. The van der Waals surface area contributed by atoms with E-state index in [9.17, 15) is 17.9 Å². The highest BCUT2D eigenvalue weighted by molar-refractivity contribution is 7.99. The summed E-state index contributed by atoms with van der Waals surface area (Å²) in [7, 11) is -3.67. The zero-order valence-electron chi connectivity index (χ0n) is 19.4. The Morgan fingerprint density at radius 2 is 1.76 bits per heavy atom. The van der Waals surface area contributed by atoms with Gasteiger partial charge >= 0.3 is 0 Å². The van der Waals surface area contributed by atoms with E-state index in [1.807, 2.05) is 6.07 Å². The minimum absolute atomic E-state index is 0.164. The average Bonchev–Trinajstić information content (AvgIpc) is 2.89. The number of nitrogens with zero attached hydrogens (tertiary/aromatic N) is 2. The van der Waals surface area contributed by atoms with E-state index >= 15 is 0 Å². The molecule has 2 heterocycles. The van der Waals surface area contributed by atoms with Crippen molar-refractivity contribution in [2.75, 3.05) is 45.6 Å². The molecule has 2 N–H and O–H groups in total. The van der Waals surface area contributed by atoms with Crippen LogP contribution in [0.15, 0.2) is 46.2 Å². The van der Waals surface area contributed by atoms with Crippen molar-refractivity contribution in [2.45, 2.75) is 42.0 Å². The molecule has 4 rings (SSSR count). The molecule has 0 spiro atoms. The molecule has 1 fully saturated rings. The number of piperazine rings is 1.